The van der Waals surface area contributed by atoms with Gasteiger partial charge in [0.05, 0.1) is 15.9 Å². The Bertz CT molecular complexity index is 1660. The van der Waals surface area contributed by atoms with Crippen LogP contribution in [0.3, 0.4) is 0 Å². The molecule has 0 saturated heterocycles. The molecule has 208 valence electrons. The number of halogens is 5. The summed E-state index contributed by atoms with van der Waals surface area (Å²) in [5.74, 6) is -3.30. The summed E-state index contributed by atoms with van der Waals surface area (Å²) in [6, 6.07) is 9.15. The number of alkyl halides is 4. The maximum atomic E-state index is 15.6. The predicted octanol–water partition coefficient (Wildman–Crippen LogP) is 4.54. The summed E-state index contributed by atoms with van der Waals surface area (Å²) in [4.78, 5) is 32.8. The number of benzene rings is 2. The summed E-state index contributed by atoms with van der Waals surface area (Å²) in [7, 11) is 0. The molecule has 0 radical (unpaired) electrons. The molecular weight excluding hydrogens is 559 g/mol. The van der Waals surface area contributed by atoms with Crippen LogP contribution < -0.4 is 16.2 Å². The number of rotatable bonds is 7. The van der Waals surface area contributed by atoms with Gasteiger partial charge in [-0.15, -0.1) is 0 Å². The van der Waals surface area contributed by atoms with Crippen molar-refractivity contribution in [2.45, 2.75) is 30.3 Å². The minimum atomic E-state index is -5.39. The van der Waals surface area contributed by atoms with Crippen LogP contribution in [-0.2, 0) is 16.1 Å². The van der Waals surface area contributed by atoms with Crippen molar-refractivity contribution in [2.24, 2.45) is 5.73 Å². The molecule has 1 amide bonds. The van der Waals surface area contributed by atoms with E-state index in [0.717, 1.165) is 35.6 Å². The standard InChI is InChI=1S/C26H19F5N4O4S/c27-14-4-1-12(2-5-14)20-21-15(24(28,11-39-21)22(32)37)10-19(35-20)25(38,26(29,30)31)8-7-17(36)13-3-6-16-18(9-13)40-23(33)34-16/h1-6,9-10,38H,7-8,11H2,(H2,32,37)(H2,33,34)/t24-,25+/m1/s1. The number of fused-ring (bicyclic) bond motifs is 2. The van der Waals surface area contributed by atoms with Gasteiger partial charge in [0.25, 0.3) is 11.6 Å². The first-order valence-corrected chi connectivity index (χ1v) is 12.5. The van der Waals surface area contributed by atoms with Crippen LogP contribution in [0.4, 0.5) is 27.1 Å². The summed E-state index contributed by atoms with van der Waals surface area (Å²) in [5, 5.41) is 11.3. The van der Waals surface area contributed by atoms with Crippen molar-refractivity contribution < 1.29 is 41.4 Å². The number of thiazole rings is 1. The third-order valence-corrected chi connectivity index (χ3v) is 7.50. The highest BCUT2D eigenvalue weighted by Crippen LogP contribution is 2.49. The zero-order chi connectivity index (χ0) is 29.0. The summed E-state index contributed by atoms with van der Waals surface area (Å²) in [5.41, 5.74) is 2.52. The normalized spacial score (nSPS) is 18.2. The van der Waals surface area contributed by atoms with Crippen LogP contribution in [0, 0.1) is 5.82 Å². The number of hydrogen-bond acceptors (Lipinski definition) is 8. The third-order valence-electron chi connectivity index (χ3n) is 6.66. The maximum Gasteiger partial charge on any atom is 0.422 e. The van der Waals surface area contributed by atoms with Gasteiger partial charge in [-0.2, -0.15) is 13.2 Å². The molecule has 1 aliphatic rings. The maximum absolute atomic E-state index is 15.6. The average Bonchev–Trinajstić information content (AvgIpc) is 3.45. The van der Waals surface area contributed by atoms with Gasteiger partial charge in [-0.3, -0.25) is 9.59 Å². The molecule has 2 aromatic heterocycles. The van der Waals surface area contributed by atoms with Crippen molar-refractivity contribution in [1.29, 1.82) is 0 Å². The van der Waals surface area contributed by atoms with E-state index in [1.807, 2.05) is 0 Å². The molecule has 1 aliphatic heterocycles. The Balaban J connectivity index is 1.58. The minimum Gasteiger partial charge on any atom is -0.487 e. The molecule has 0 fully saturated rings. The lowest BCUT2D eigenvalue weighted by Crippen LogP contribution is -2.44. The van der Waals surface area contributed by atoms with E-state index in [0.29, 0.717) is 16.3 Å². The van der Waals surface area contributed by atoms with Gasteiger partial charge in [0, 0.05) is 23.1 Å². The van der Waals surface area contributed by atoms with Crippen LogP contribution in [0.15, 0.2) is 48.5 Å². The Kier molecular flexibility index (Phi) is 6.50. The second-order valence-electron chi connectivity index (χ2n) is 9.21. The van der Waals surface area contributed by atoms with E-state index >= 15 is 4.39 Å². The lowest BCUT2D eigenvalue weighted by molar-refractivity contribution is -0.270. The van der Waals surface area contributed by atoms with Crippen LogP contribution in [0.1, 0.15) is 34.5 Å². The number of primary amides is 1. The number of aliphatic hydroxyl groups is 1. The Morgan fingerprint density at radius 2 is 1.80 bits per heavy atom. The number of nitrogens with zero attached hydrogens (tertiary/aromatic N) is 2. The molecule has 40 heavy (non-hydrogen) atoms. The van der Waals surface area contributed by atoms with Gasteiger partial charge in [-0.1, -0.05) is 11.3 Å². The number of ether oxygens (including phenoxy) is 1. The second-order valence-corrected chi connectivity index (χ2v) is 10.3. The predicted molar refractivity (Wildman–Crippen MR) is 135 cm³/mol. The summed E-state index contributed by atoms with van der Waals surface area (Å²) < 4.78 is 78.3. The first-order valence-electron chi connectivity index (χ1n) is 11.6. The highest BCUT2D eigenvalue weighted by atomic mass is 32.1. The fourth-order valence-electron chi connectivity index (χ4n) is 4.41. The van der Waals surface area contributed by atoms with Crippen LogP contribution in [-0.4, -0.2) is 39.5 Å². The third kappa shape index (κ3) is 4.52. The number of carbonyl (C=O) groups excluding carboxylic acids is 2. The van der Waals surface area contributed by atoms with Crippen LogP contribution >= 0.6 is 11.3 Å². The lowest BCUT2D eigenvalue weighted by Gasteiger charge is -2.31. The Morgan fingerprint density at radius 3 is 2.45 bits per heavy atom. The molecular formula is C26H19F5N4O4S. The fourth-order valence-corrected chi connectivity index (χ4v) is 5.19. The van der Waals surface area contributed by atoms with Crippen LogP contribution in [0.2, 0.25) is 0 Å². The number of aromatic nitrogens is 2. The van der Waals surface area contributed by atoms with Crippen LogP contribution in [0.5, 0.6) is 5.75 Å². The first kappa shape index (κ1) is 27.4. The van der Waals surface area contributed by atoms with Crippen molar-refractivity contribution >= 4 is 38.4 Å². The molecule has 0 spiro atoms. The molecule has 0 unspecified atom stereocenters. The van der Waals surface area contributed by atoms with E-state index in [4.69, 9.17) is 16.2 Å². The van der Waals surface area contributed by atoms with Crippen LogP contribution in [0.25, 0.3) is 21.5 Å². The van der Waals surface area contributed by atoms with Gasteiger partial charge >= 0.3 is 6.18 Å². The molecule has 0 aliphatic carbocycles. The Labute approximate surface area is 226 Å². The van der Waals surface area contributed by atoms with E-state index in [1.165, 1.54) is 18.2 Å². The highest BCUT2D eigenvalue weighted by Gasteiger charge is 2.58. The number of hydrogen-bond donors (Lipinski definition) is 3. The molecule has 14 heteroatoms. The number of ketones is 1. The van der Waals surface area contributed by atoms with E-state index in [9.17, 15) is 32.3 Å². The second kappa shape index (κ2) is 9.48. The summed E-state index contributed by atoms with van der Waals surface area (Å²) in [6.07, 6.45) is -7.37. The van der Waals surface area contributed by atoms with Crippen molar-refractivity contribution in [3.63, 3.8) is 0 Å². The smallest absolute Gasteiger partial charge is 0.422 e. The van der Waals surface area contributed by atoms with Gasteiger partial charge < -0.3 is 21.3 Å². The highest BCUT2D eigenvalue weighted by molar-refractivity contribution is 7.22. The summed E-state index contributed by atoms with van der Waals surface area (Å²) >= 11 is 1.09. The van der Waals surface area contributed by atoms with Gasteiger partial charge in [0.1, 0.15) is 18.1 Å². The molecule has 5 N–H and O–H groups in total. The average molecular weight is 579 g/mol. The number of nitrogens with two attached hydrogens (primary N) is 2. The minimum absolute atomic E-state index is 0.0194. The van der Waals surface area contributed by atoms with Gasteiger partial charge in [0.15, 0.2) is 16.7 Å². The van der Waals surface area contributed by atoms with Crippen molar-refractivity contribution in [3.8, 4) is 17.0 Å². The van der Waals surface area contributed by atoms with E-state index in [-0.39, 0.29) is 27.7 Å². The van der Waals surface area contributed by atoms with E-state index < -0.39 is 65.7 Å². The number of pyridine rings is 1. The van der Waals surface area contributed by atoms with Crippen molar-refractivity contribution in [2.75, 3.05) is 12.3 Å². The van der Waals surface area contributed by atoms with Crippen molar-refractivity contribution in [3.05, 3.63) is 71.2 Å². The largest absolute Gasteiger partial charge is 0.487 e. The number of amides is 1. The Hall–Kier alpha value is -4.17. The first-order chi connectivity index (χ1) is 18.7. The molecule has 0 bridgehead atoms. The van der Waals surface area contributed by atoms with Gasteiger partial charge in [-0.05, 0) is 55.0 Å². The number of carbonyl (C=O) groups is 2. The van der Waals surface area contributed by atoms with Crippen molar-refractivity contribution in [1.82, 2.24) is 9.97 Å². The topological polar surface area (TPSA) is 141 Å². The number of anilines is 1. The quantitative estimate of drug-likeness (QED) is 0.216. The molecule has 3 heterocycles. The molecule has 4 aromatic rings. The van der Waals surface area contributed by atoms with Gasteiger partial charge in [0.2, 0.25) is 5.60 Å². The fraction of sp³-hybridized carbons (Fsp3) is 0.231. The van der Waals surface area contributed by atoms with E-state index in [2.05, 4.69) is 9.97 Å². The Morgan fingerprint density at radius 1 is 1.10 bits per heavy atom. The lowest BCUT2D eigenvalue weighted by atomic mass is 9.86. The number of Topliss-reactive ketones (excluding diaryl/α,β-unsaturated/α-hetero) is 1. The SMILES string of the molecule is NC(=O)[C@@]1(F)COc2c1cc([C@@](O)(CCC(=O)c1ccc3nc(N)sc3c1)C(F)(F)F)nc2-c1ccc(F)cc1. The number of nitrogen functional groups attached to an aromatic ring is 1. The monoisotopic (exact) mass is 578 g/mol. The zero-order valence-corrected chi connectivity index (χ0v) is 21.1. The molecule has 5 rings (SSSR count). The summed E-state index contributed by atoms with van der Waals surface area (Å²) in [6.45, 7) is -0.940. The molecule has 2 atom stereocenters. The van der Waals surface area contributed by atoms with E-state index in [1.54, 1.807) is 0 Å². The zero-order valence-electron chi connectivity index (χ0n) is 20.3. The molecule has 8 nitrogen and oxygen atoms in total. The van der Waals surface area contributed by atoms with Gasteiger partial charge in [-0.25, -0.2) is 18.7 Å². The molecule has 0 saturated carbocycles. The molecule has 2 aromatic carbocycles.